The molecule has 0 fully saturated rings. The number of anilines is 1. The first kappa shape index (κ1) is 23.0. The van der Waals surface area contributed by atoms with Gasteiger partial charge in [-0.25, -0.2) is 14.0 Å². The van der Waals surface area contributed by atoms with Crippen molar-refractivity contribution in [2.75, 3.05) is 11.9 Å². The molecule has 0 saturated carbocycles. The molecule has 4 rings (SSSR count). The van der Waals surface area contributed by atoms with Gasteiger partial charge in [-0.3, -0.25) is 4.79 Å². The zero-order valence-electron chi connectivity index (χ0n) is 18.4. The smallest absolute Gasteiger partial charge is 0.407 e. The van der Waals surface area contributed by atoms with Gasteiger partial charge in [-0.15, -0.1) is 0 Å². The van der Waals surface area contributed by atoms with E-state index in [4.69, 9.17) is 4.74 Å². The van der Waals surface area contributed by atoms with E-state index >= 15 is 0 Å². The molecular formula is C26H23FN2O5. The van der Waals surface area contributed by atoms with Crippen LogP contribution in [0.4, 0.5) is 14.9 Å². The largest absolute Gasteiger partial charge is 0.478 e. The SMILES string of the molecule is C[C@H](CC(=O)Nc1c(F)cccc1C(=O)O)NC(=O)OCC1c2ccccc2-c2ccccc21. The van der Waals surface area contributed by atoms with Crippen molar-refractivity contribution in [2.24, 2.45) is 0 Å². The number of rotatable bonds is 7. The van der Waals surface area contributed by atoms with Crippen molar-refractivity contribution in [2.45, 2.75) is 25.3 Å². The monoisotopic (exact) mass is 462 g/mol. The highest BCUT2D eigenvalue weighted by molar-refractivity contribution is 6.00. The van der Waals surface area contributed by atoms with Crippen LogP contribution in [0.5, 0.6) is 0 Å². The van der Waals surface area contributed by atoms with Gasteiger partial charge in [0.2, 0.25) is 5.91 Å². The summed E-state index contributed by atoms with van der Waals surface area (Å²) in [6.45, 7) is 1.73. The molecule has 0 saturated heterocycles. The first-order valence-corrected chi connectivity index (χ1v) is 10.8. The number of nitrogens with one attached hydrogen (secondary N) is 2. The molecule has 3 aromatic carbocycles. The fraction of sp³-hybridized carbons (Fsp3) is 0.192. The summed E-state index contributed by atoms with van der Waals surface area (Å²) in [4.78, 5) is 35.9. The van der Waals surface area contributed by atoms with E-state index in [2.05, 4.69) is 10.6 Å². The summed E-state index contributed by atoms with van der Waals surface area (Å²) < 4.78 is 19.5. The molecule has 3 aromatic rings. The van der Waals surface area contributed by atoms with E-state index in [1.165, 1.54) is 12.1 Å². The minimum atomic E-state index is -1.36. The summed E-state index contributed by atoms with van der Waals surface area (Å²) in [5.41, 5.74) is 3.64. The fourth-order valence-corrected chi connectivity index (χ4v) is 4.19. The van der Waals surface area contributed by atoms with Gasteiger partial charge in [0.1, 0.15) is 12.4 Å². The van der Waals surface area contributed by atoms with Crippen LogP contribution in [0.25, 0.3) is 11.1 Å². The Morgan fingerprint density at radius 1 is 0.971 bits per heavy atom. The predicted octanol–water partition coefficient (Wildman–Crippen LogP) is 4.78. The summed E-state index contributed by atoms with van der Waals surface area (Å²) in [5.74, 6) is -2.95. The fourth-order valence-electron chi connectivity index (χ4n) is 4.19. The molecule has 0 bridgehead atoms. The predicted molar refractivity (Wildman–Crippen MR) is 124 cm³/mol. The van der Waals surface area contributed by atoms with E-state index in [0.29, 0.717) is 0 Å². The van der Waals surface area contributed by atoms with E-state index in [1.54, 1.807) is 6.92 Å². The molecule has 0 heterocycles. The molecule has 0 spiro atoms. The molecule has 7 nitrogen and oxygen atoms in total. The van der Waals surface area contributed by atoms with Gasteiger partial charge in [-0.05, 0) is 41.3 Å². The van der Waals surface area contributed by atoms with E-state index < -0.39 is 35.5 Å². The van der Waals surface area contributed by atoms with Gasteiger partial charge < -0.3 is 20.5 Å². The number of carboxylic acid groups (broad SMARTS) is 1. The number of carbonyl (C=O) groups is 3. The quantitative estimate of drug-likeness (QED) is 0.469. The molecule has 3 N–H and O–H groups in total. The third-order valence-corrected chi connectivity index (χ3v) is 5.71. The second kappa shape index (κ2) is 9.74. The van der Waals surface area contributed by atoms with Crippen molar-refractivity contribution in [1.82, 2.24) is 5.32 Å². The molecule has 0 aromatic heterocycles. The number of carboxylic acids is 1. The van der Waals surface area contributed by atoms with Crippen LogP contribution in [0.1, 0.15) is 40.7 Å². The van der Waals surface area contributed by atoms with Gasteiger partial charge in [0.25, 0.3) is 0 Å². The molecule has 0 unspecified atom stereocenters. The molecule has 174 valence electrons. The molecule has 0 aliphatic heterocycles. The average molecular weight is 462 g/mol. The summed E-state index contributed by atoms with van der Waals surface area (Å²) in [6, 6.07) is 18.8. The number of carbonyl (C=O) groups excluding carboxylic acids is 2. The number of ether oxygens (including phenoxy) is 1. The number of hydrogen-bond donors (Lipinski definition) is 3. The van der Waals surface area contributed by atoms with Gasteiger partial charge in [0.05, 0.1) is 11.3 Å². The normalized spacial score (nSPS) is 12.9. The van der Waals surface area contributed by atoms with Crippen molar-refractivity contribution in [1.29, 1.82) is 0 Å². The van der Waals surface area contributed by atoms with Crippen LogP contribution in [0.3, 0.4) is 0 Å². The molecule has 1 atom stereocenters. The lowest BCUT2D eigenvalue weighted by Crippen LogP contribution is -2.36. The van der Waals surface area contributed by atoms with Crippen LogP contribution in [-0.2, 0) is 9.53 Å². The number of hydrogen-bond acceptors (Lipinski definition) is 4. The van der Waals surface area contributed by atoms with Gasteiger partial charge >= 0.3 is 12.1 Å². The summed E-state index contributed by atoms with van der Waals surface area (Å²) in [5, 5.41) is 14.0. The van der Waals surface area contributed by atoms with Crippen molar-refractivity contribution < 1.29 is 28.6 Å². The van der Waals surface area contributed by atoms with Gasteiger partial charge in [-0.1, -0.05) is 54.6 Å². The van der Waals surface area contributed by atoms with E-state index in [1.807, 2.05) is 48.5 Å². The summed E-state index contributed by atoms with van der Waals surface area (Å²) in [6.07, 6.45) is -0.878. The first-order valence-electron chi connectivity index (χ1n) is 10.8. The topological polar surface area (TPSA) is 105 Å². The van der Waals surface area contributed by atoms with Crippen LogP contribution >= 0.6 is 0 Å². The number of halogens is 1. The van der Waals surface area contributed by atoms with Crippen molar-refractivity contribution in [3.05, 3.63) is 89.2 Å². The second-order valence-corrected chi connectivity index (χ2v) is 8.09. The number of aromatic carboxylic acids is 1. The Bertz CT molecular complexity index is 1210. The van der Waals surface area contributed by atoms with Gasteiger partial charge in [0, 0.05) is 18.4 Å². The number of benzene rings is 3. The van der Waals surface area contributed by atoms with Crippen molar-refractivity contribution in [3.63, 3.8) is 0 Å². The highest BCUT2D eigenvalue weighted by Crippen LogP contribution is 2.44. The summed E-state index contributed by atoms with van der Waals surface area (Å²) in [7, 11) is 0. The molecule has 1 aliphatic rings. The maximum absolute atomic E-state index is 14.0. The summed E-state index contributed by atoms with van der Waals surface area (Å²) >= 11 is 0. The molecule has 8 heteroatoms. The first-order chi connectivity index (χ1) is 16.3. The molecule has 34 heavy (non-hydrogen) atoms. The second-order valence-electron chi connectivity index (χ2n) is 8.09. The zero-order valence-corrected chi connectivity index (χ0v) is 18.4. The Kier molecular flexibility index (Phi) is 6.58. The number of para-hydroxylation sites is 1. The number of fused-ring (bicyclic) bond motifs is 3. The minimum absolute atomic E-state index is 0.0905. The molecular weight excluding hydrogens is 439 g/mol. The lowest BCUT2D eigenvalue weighted by molar-refractivity contribution is -0.116. The van der Waals surface area contributed by atoms with E-state index in [0.717, 1.165) is 28.3 Å². The van der Waals surface area contributed by atoms with Gasteiger partial charge in [-0.2, -0.15) is 0 Å². The molecule has 0 radical (unpaired) electrons. The molecule has 1 aliphatic carbocycles. The third kappa shape index (κ3) is 4.76. The Morgan fingerprint density at radius 3 is 2.21 bits per heavy atom. The maximum Gasteiger partial charge on any atom is 0.407 e. The standard InChI is InChI=1S/C26H23FN2O5/c1-15(13-23(30)29-24-20(25(31)32)11-6-12-22(24)27)28-26(33)34-14-21-18-9-4-2-7-16(18)17-8-3-5-10-19(17)21/h2-12,15,21H,13-14H2,1H3,(H,28,33)(H,29,30)(H,31,32)/t15-/m1/s1. The Morgan fingerprint density at radius 2 is 1.59 bits per heavy atom. The number of alkyl carbamates (subject to hydrolysis) is 1. The molecule has 2 amide bonds. The Labute approximate surface area is 195 Å². The highest BCUT2D eigenvalue weighted by atomic mass is 19.1. The number of amides is 2. The van der Waals surface area contributed by atoms with Crippen LogP contribution in [-0.4, -0.2) is 35.7 Å². The average Bonchev–Trinajstić information content (AvgIpc) is 3.12. The lowest BCUT2D eigenvalue weighted by Gasteiger charge is -2.17. The van der Waals surface area contributed by atoms with Crippen molar-refractivity contribution >= 4 is 23.7 Å². The van der Waals surface area contributed by atoms with Gasteiger partial charge in [0.15, 0.2) is 0 Å². The van der Waals surface area contributed by atoms with Crippen LogP contribution in [0.2, 0.25) is 0 Å². The van der Waals surface area contributed by atoms with Crippen LogP contribution < -0.4 is 10.6 Å². The minimum Gasteiger partial charge on any atom is -0.478 e. The maximum atomic E-state index is 14.0. The Balaban J connectivity index is 1.33. The van der Waals surface area contributed by atoms with Crippen LogP contribution in [0.15, 0.2) is 66.7 Å². The van der Waals surface area contributed by atoms with Crippen molar-refractivity contribution in [3.8, 4) is 11.1 Å². The third-order valence-electron chi connectivity index (χ3n) is 5.71. The zero-order chi connectivity index (χ0) is 24.2. The van der Waals surface area contributed by atoms with E-state index in [9.17, 15) is 23.9 Å². The Hall–Kier alpha value is -4.20. The van der Waals surface area contributed by atoms with E-state index in [-0.39, 0.29) is 24.5 Å². The van der Waals surface area contributed by atoms with Crippen LogP contribution in [0, 0.1) is 5.82 Å². The lowest BCUT2D eigenvalue weighted by atomic mass is 9.98. The highest BCUT2D eigenvalue weighted by Gasteiger charge is 2.29.